The number of aromatic nitrogens is 2. The largest absolute Gasteiger partial charge is 0.329 e. The monoisotopic (exact) mass is 338 g/mol. The van der Waals surface area contributed by atoms with Gasteiger partial charge < -0.3 is 10.6 Å². The van der Waals surface area contributed by atoms with Crippen LogP contribution >= 0.6 is 0 Å². The molecule has 8 heteroatoms. The predicted molar refractivity (Wildman–Crippen MR) is 83.0 cm³/mol. The van der Waals surface area contributed by atoms with Crippen molar-refractivity contribution in [2.75, 3.05) is 13.1 Å². The highest BCUT2D eigenvalue weighted by Crippen LogP contribution is 2.25. The maximum absolute atomic E-state index is 14.3. The molecule has 24 heavy (non-hydrogen) atoms. The number of nitrogens with zero attached hydrogens (tertiary/aromatic N) is 3. The number of benzene rings is 1. The van der Waals surface area contributed by atoms with Crippen LogP contribution in [0.5, 0.6) is 0 Å². The molecule has 0 saturated carbocycles. The number of rotatable bonds is 6. The smallest absolute Gasteiger partial charge is 0.255 e. The van der Waals surface area contributed by atoms with Gasteiger partial charge in [0.05, 0.1) is 17.7 Å². The van der Waals surface area contributed by atoms with Crippen molar-refractivity contribution in [3.8, 4) is 11.4 Å². The second kappa shape index (κ2) is 7.87. The van der Waals surface area contributed by atoms with Gasteiger partial charge in [0.1, 0.15) is 5.82 Å². The summed E-state index contributed by atoms with van der Waals surface area (Å²) in [7, 11) is 0. The molecule has 1 aromatic heterocycles. The third kappa shape index (κ3) is 3.88. The van der Waals surface area contributed by atoms with Crippen molar-refractivity contribution in [1.29, 1.82) is 0 Å². The highest BCUT2D eigenvalue weighted by molar-refractivity contribution is 6.00. The van der Waals surface area contributed by atoms with E-state index >= 15 is 0 Å². The zero-order chi connectivity index (χ0) is 17.7. The highest BCUT2D eigenvalue weighted by atomic mass is 19.3. The van der Waals surface area contributed by atoms with Gasteiger partial charge in [-0.1, -0.05) is 6.07 Å². The molecule has 1 atom stereocenters. The molecule has 0 aliphatic rings. The molecule has 0 aliphatic carbocycles. The molecular formula is C16H17F3N4O. The van der Waals surface area contributed by atoms with E-state index in [1.807, 2.05) is 0 Å². The van der Waals surface area contributed by atoms with Gasteiger partial charge in [0.25, 0.3) is 12.3 Å². The summed E-state index contributed by atoms with van der Waals surface area (Å²) in [6.07, 6.45) is 0.0817. The molecule has 2 rings (SSSR count). The fourth-order valence-electron chi connectivity index (χ4n) is 2.25. The normalized spacial score (nSPS) is 12.2. The Morgan fingerprint density at radius 2 is 1.92 bits per heavy atom. The fourth-order valence-corrected chi connectivity index (χ4v) is 2.25. The number of hydrogen-bond acceptors (Lipinski definition) is 4. The molecular weight excluding hydrogens is 321 g/mol. The van der Waals surface area contributed by atoms with Crippen molar-refractivity contribution in [1.82, 2.24) is 14.9 Å². The summed E-state index contributed by atoms with van der Waals surface area (Å²) < 4.78 is 39.9. The Morgan fingerprint density at radius 3 is 2.50 bits per heavy atom. The molecule has 2 N–H and O–H groups in total. The van der Waals surface area contributed by atoms with Crippen LogP contribution in [0.2, 0.25) is 0 Å². The quantitative estimate of drug-likeness (QED) is 0.877. The average Bonchev–Trinajstić information content (AvgIpc) is 2.58. The lowest BCUT2D eigenvalue weighted by Crippen LogP contribution is -2.45. The van der Waals surface area contributed by atoms with Crippen LogP contribution in [-0.4, -0.2) is 46.3 Å². The van der Waals surface area contributed by atoms with Gasteiger partial charge >= 0.3 is 0 Å². The first-order valence-electron chi connectivity index (χ1n) is 7.30. The van der Waals surface area contributed by atoms with E-state index in [2.05, 4.69) is 9.97 Å². The number of halogens is 3. The Balaban J connectivity index is 2.51. The molecule has 1 heterocycles. The topological polar surface area (TPSA) is 72.1 Å². The van der Waals surface area contributed by atoms with Crippen LogP contribution in [0.3, 0.4) is 0 Å². The fraction of sp³-hybridized carbons (Fsp3) is 0.312. The minimum absolute atomic E-state index is 0.00491. The third-order valence-electron chi connectivity index (χ3n) is 3.50. The van der Waals surface area contributed by atoms with Crippen molar-refractivity contribution in [2.24, 2.45) is 5.73 Å². The summed E-state index contributed by atoms with van der Waals surface area (Å²) in [5.74, 6) is -1.43. The lowest BCUT2D eigenvalue weighted by Gasteiger charge is -2.28. The van der Waals surface area contributed by atoms with Gasteiger partial charge in [-0.05, 0) is 25.1 Å². The minimum atomic E-state index is -2.73. The molecule has 128 valence electrons. The van der Waals surface area contributed by atoms with Crippen molar-refractivity contribution >= 4 is 5.91 Å². The van der Waals surface area contributed by atoms with Crippen LogP contribution in [0.1, 0.15) is 17.3 Å². The van der Waals surface area contributed by atoms with Crippen molar-refractivity contribution in [3.63, 3.8) is 0 Å². The third-order valence-corrected chi connectivity index (χ3v) is 3.50. The van der Waals surface area contributed by atoms with Crippen molar-refractivity contribution < 1.29 is 18.0 Å². The van der Waals surface area contributed by atoms with E-state index in [1.165, 1.54) is 24.5 Å². The average molecular weight is 338 g/mol. The van der Waals surface area contributed by atoms with E-state index in [0.717, 1.165) is 11.0 Å². The van der Waals surface area contributed by atoms with Gasteiger partial charge in [-0.2, -0.15) is 0 Å². The standard InChI is InChI=1S/C16H17F3N4O/c1-10(8-20)23(9-13(18)19)16(24)11-4-2-5-12(17)14(11)15-21-6-3-7-22-15/h2-7,10,13H,8-9,20H2,1H3. The molecule has 0 aliphatic heterocycles. The lowest BCUT2D eigenvalue weighted by atomic mass is 10.0. The number of carbonyl (C=O) groups is 1. The first-order valence-corrected chi connectivity index (χ1v) is 7.30. The zero-order valence-electron chi connectivity index (χ0n) is 13.0. The minimum Gasteiger partial charge on any atom is -0.329 e. The second-order valence-corrected chi connectivity index (χ2v) is 5.17. The molecule has 0 saturated heterocycles. The lowest BCUT2D eigenvalue weighted by molar-refractivity contribution is 0.0465. The molecule has 1 unspecified atom stereocenters. The van der Waals surface area contributed by atoms with Gasteiger partial charge in [-0.25, -0.2) is 23.1 Å². The molecule has 0 fully saturated rings. The van der Waals surface area contributed by atoms with E-state index in [9.17, 15) is 18.0 Å². The molecule has 0 spiro atoms. The van der Waals surface area contributed by atoms with Crippen LogP contribution in [0, 0.1) is 5.82 Å². The summed E-state index contributed by atoms with van der Waals surface area (Å²) in [6.45, 7) is 0.770. The van der Waals surface area contributed by atoms with Crippen LogP contribution in [-0.2, 0) is 0 Å². The van der Waals surface area contributed by atoms with Crippen molar-refractivity contribution in [3.05, 3.63) is 48.0 Å². The van der Waals surface area contributed by atoms with Gasteiger partial charge in [0, 0.05) is 25.0 Å². The number of carbonyl (C=O) groups excluding carboxylic acids is 1. The Labute approximate surface area is 137 Å². The summed E-state index contributed by atoms with van der Waals surface area (Å²) >= 11 is 0. The number of nitrogens with two attached hydrogens (primary N) is 1. The van der Waals surface area contributed by atoms with Gasteiger partial charge in [0.15, 0.2) is 5.82 Å². The van der Waals surface area contributed by atoms with Gasteiger partial charge in [-0.3, -0.25) is 4.79 Å². The molecule has 2 aromatic rings. The molecule has 0 bridgehead atoms. The number of hydrogen-bond donors (Lipinski definition) is 1. The predicted octanol–water partition coefficient (Wildman–Crippen LogP) is 2.34. The molecule has 1 amide bonds. The summed E-state index contributed by atoms with van der Waals surface area (Å²) in [6, 6.07) is 4.78. The van der Waals surface area contributed by atoms with Crippen molar-refractivity contribution in [2.45, 2.75) is 19.4 Å². The van der Waals surface area contributed by atoms with E-state index in [-0.39, 0.29) is 23.5 Å². The van der Waals surface area contributed by atoms with Gasteiger partial charge in [0.2, 0.25) is 0 Å². The van der Waals surface area contributed by atoms with Crippen LogP contribution in [0.15, 0.2) is 36.7 Å². The summed E-state index contributed by atoms with van der Waals surface area (Å²) in [4.78, 5) is 21.6. The molecule has 1 aromatic carbocycles. The van der Waals surface area contributed by atoms with Gasteiger partial charge in [-0.15, -0.1) is 0 Å². The molecule has 0 radical (unpaired) electrons. The van der Waals surface area contributed by atoms with E-state index in [1.54, 1.807) is 13.0 Å². The van der Waals surface area contributed by atoms with Crippen LogP contribution in [0.4, 0.5) is 13.2 Å². The Kier molecular flexibility index (Phi) is 5.86. The number of alkyl halides is 2. The first-order chi connectivity index (χ1) is 11.5. The van der Waals surface area contributed by atoms with E-state index < -0.39 is 30.7 Å². The highest BCUT2D eigenvalue weighted by Gasteiger charge is 2.27. The Bertz CT molecular complexity index is 697. The Morgan fingerprint density at radius 1 is 1.25 bits per heavy atom. The maximum atomic E-state index is 14.3. The summed E-state index contributed by atoms with van der Waals surface area (Å²) in [5.41, 5.74) is 5.31. The molecule has 5 nitrogen and oxygen atoms in total. The summed E-state index contributed by atoms with van der Waals surface area (Å²) in [5, 5.41) is 0. The zero-order valence-corrected chi connectivity index (χ0v) is 13.0. The van der Waals surface area contributed by atoms with E-state index in [0.29, 0.717) is 0 Å². The van der Waals surface area contributed by atoms with E-state index in [4.69, 9.17) is 5.73 Å². The SMILES string of the molecule is CC(CN)N(CC(F)F)C(=O)c1cccc(F)c1-c1ncccn1. The Hall–Kier alpha value is -2.48. The number of amides is 1. The second-order valence-electron chi connectivity index (χ2n) is 5.17. The van der Waals surface area contributed by atoms with Crippen LogP contribution in [0.25, 0.3) is 11.4 Å². The first kappa shape index (κ1) is 17.9. The van der Waals surface area contributed by atoms with Crippen LogP contribution < -0.4 is 5.73 Å². The maximum Gasteiger partial charge on any atom is 0.255 e.